The number of carbonyl (C=O) groups is 2. The fraction of sp³-hybridized carbons (Fsp3) is 0.467. The minimum Gasteiger partial charge on any atom is -0.380 e. The summed E-state index contributed by atoms with van der Waals surface area (Å²) in [5.41, 5.74) is 6.49. The lowest BCUT2D eigenvalue weighted by Gasteiger charge is -2.18. The molecule has 0 saturated heterocycles. The molecule has 0 aliphatic carbocycles. The standard InChI is InChI=1S/C15H23N3O3/c1-18(11-12-6-4-3-5-7-12)15(20)10-17-14(19)8-13(9-16)21-2/h3-7,13H,8-11,16H2,1-2H3,(H,17,19). The predicted octanol–water partition coefficient (Wildman–Crippen LogP) is 0.125. The third kappa shape index (κ3) is 6.37. The van der Waals surface area contributed by atoms with Crippen LogP contribution in [0.3, 0.4) is 0 Å². The van der Waals surface area contributed by atoms with Crippen LogP contribution in [0.4, 0.5) is 0 Å². The Balaban J connectivity index is 2.34. The van der Waals surface area contributed by atoms with Gasteiger partial charge in [0.15, 0.2) is 0 Å². The van der Waals surface area contributed by atoms with Crippen molar-refractivity contribution >= 4 is 11.8 Å². The fourth-order valence-corrected chi connectivity index (χ4v) is 1.80. The van der Waals surface area contributed by atoms with Crippen molar-refractivity contribution in [2.45, 2.75) is 19.1 Å². The molecule has 3 N–H and O–H groups in total. The molecule has 0 spiro atoms. The zero-order valence-electron chi connectivity index (χ0n) is 12.5. The first-order valence-electron chi connectivity index (χ1n) is 6.84. The van der Waals surface area contributed by atoms with Crippen LogP contribution < -0.4 is 11.1 Å². The van der Waals surface area contributed by atoms with Crippen LogP contribution >= 0.6 is 0 Å². The van der Waals surface area contributed by atoms with Crippen LogP contribution in [0.1, 0.15) is 12.0 Å². The van der Waals surface area contributed by atoms with Gasteiger partial charge in [0.1, 0.15) is 0 Å². The van der Waals surface area contributed by atoms with Gasteiger partial charge < -0.3 is 20.7 Å². The smallest absolute Gasteiger partial charge is 0.242 e. The van der Waals surface area contributed by atoms with Crippen LogP contribution in [-0.2, 0) is 20.9 Å². The summed E-state index contributed by atoms with van der Waals surface area (Å²) in [5, 5.41) is 2.58. The average Bonchev–Trinajstić information content (AvgIpc) is 2.51. The van der Waals surface area contributed by atoms with Crippen LogP contribution in [0.2, 0.25) is 0 Å². The van der Waals surface area contributed by atoms with Gasteiger partial charge in [0.05, 0.1) is 19.1 Å². The number of methoxy groups -OCH3 is 1. The number of nitrogens with zero attached hydrogens (tertiary/aromatic N) is 1. The summed E-state index contributed by atoms with van der Waals surface area (Å²) in [6.07, 6.45) is -0.162. The van der Waals surface area contributed by atoms with Gasteiger partial charge in [0.2, 0.25) is 11.8 Å². The van der Waals surface area contributed by atoms with E-state index in [1.807, 2.05) is 30.3 Å². The van der Waals surface area contributed by atoms with Crippen LogP contribution in [0.15, 0.2) is 30.3 Å². The van der Waals surface area contributed by atoms with Gasteiger partial charge in [-0.2, -0.15) is 0 Å². The topological polar surface area (TPSA) is 84.7 Å². The van der Waals surface area contributed by atoms with E-state index in [1.54, 1.807) is 11.9 Å². The number of ether oxygens (including phenoxy) is 1. The minimum atomic E-state index is -0.317. The van der Waals surface area contributed by atoms with Crippen LogP contribution in [-0.4, -0.2) is 50.1 Å². The molecule has 21 heavy (non-hydrogen) atoms. The van der Waals surface area contributed by atoms with E-state index in [1.165, 1.54) is 7.11 Å². The maximum Gasteiger partial charge on any atom is 0.242 e. The maximum atomic E-state index is 11.9. The van der Waals surface area contributed by atoms with Crippen LogP contribution in [0.5, 0.6) is 0 Å². The molecule has 1 aromatic carbocycles. The highest BCUT2D eigenvalue weighted by atomic mass is 16.5. The summed E-state index contributed by atoms with van der Waals surface area (Å²) < 4.78 is 5.02. The molecule has 0 radical (unpaired) electrons. The van der Waals surface area contributed by atoms with Crippen LogP contribution in [0.25, 0.3) is 0 Å². The summed E-state index contributed by atoms with van der Waals surface area (Å²) in [6.45, 7) is 0.758. The molecule has 6 heteroatoms. The number of carbonyl (C=O) groups excluding carboxylic acids is 2. The van der Waals surface area contributed by atoms with Crippen molar-refractivity contribution in [2.24, 2.45) is 5.73 Å². The molecule has 1 unspecified atom stereocenters. The van der Waals surface area contributed by atoms with Gasteiger partial charge in [0.25, 0.3) is 0 Å². The zero-order valence-corrected chi connectivity index (χ0v) is 12.5. The van der Waals surface area contributed by atoms with Gasteiger partial charge in [0, 0.05) is 27.2 Å². The molecule has 0 bridgehead atoms. The van der Waals surface area contributed by atoms with E-state index in [2.05, 4.69) is 5.32 Å². The lowest BCUT2D eigenvalue weighted by molar-refractivity contribution is -0.132. The first-order chi connectivity index (χ1) is 10.1. The molecule has 0 aromatic heterocycles. The summed E-state index contributed by atoms with van der Waals surface area (Å²) in [6, 6.07) is 9.68. The predicted molar refractivity (Wildman–Crippen MR) is 80.4 cm³/mol. The zero-order chi connectivity index (χ0) is 15.7. The van der Waals surface area contributed by atoms with E-state index >= 15 is 0 Å². The molecule has 2 amide bonds. The van der Waals surface area contributed by atoms with Crippen molar-refractivity contribution in [3.8, 4) is 0 Å². The first-order valence-corrected chi connectivity index (χ1v) is 6.84. The number of likely N-dealkylation sites (N-methyl/N-ethyl adjacent to an activating group) is 1. The Morgan fingerprint density at radius 3 is 2.57 bits per heavy atom. The molecule has 6 nitrogen and oxygen atoms in total. The highest BCUT2D eigenvalue weighted by Gasteiger charge is 2.14. The van der Waals surface area contributed by atoms with Gasteiger partial charge in [-0.1, -0.05) is 30.3 Å². The Kier molecular flexibility index (Phi) is 7.42. The van der Waals surface area contributed by atoms with Gasteiger partial charge in [-0.3, -0.25) is 9.59 Å². The van der Waals surface area contributed by atoms with Crippen molar-refractivity contribution in [3.63, 3.8) is 0 Å². The Bertz CT molecular complexity index is 447. The quantitative estimate of drug-likeness (QED) is 0.713. The normalized spacial score (nSPS) is 11.8. The highest BCUT2D eigenvalue weighted by molar-refractivity contribution is 5.84. The maximum absolute atomic E-state index is 11.9. The summed E-state index contributed by atoms with van der Waals surface area (Å²) in [5.74, 6) is -0.386. The van der Waals surface area contributed by atoms with E-state index in [0.29, 0.717) is 6.54 Å². The monoisotopic (exact) mass is 293 g/mol. The van der Waals surface area contributed by atoms with Crippen molar-refractivity contribution in [1.29, 1.82) is 0 Å². The second-order valence-electron chi connectivity index (χ2n) is 4.81. The lowest BCUT2D eigenvalue weighted by Crippen LogP contribution is -2.39. The molecule has 0 heterocycles. The molecular weight excluding hydrogens is 270 g/mol. The van der Waals surface area contributed by atoms with Crippen molar-refractivity contribution < 1.29 is 14.3 Å². The highest BCUT2D eigenvalue weighted by Crippen LogP contribution is 2.02. The molecule has 1 atom stereocenters. The molecule has 116 valence electrons. The van der Waals surface area contributed by atoms with Crippen molar-refractivity contribution in [3.05, 3.63) is 35.9 Å². The van der Waals surface area contributed by atoms with Gasteiger partial charge >= 0.3 is 0 Å². The van der Waals surface area contributed by atoms with E-state index < -0.39 is 0 Å². The number of nitrogens with two attached hydrogens (primary N) is 1. The summed E-state index contributed by atoms with van der Waals surface area (Å²) in [4.78, 5) is 25.1. The molecule has 0 saturated carbocycles. The van der Waals surface area contributed by atoms with Gasteiger partial charge in [-0.15, -0.1) is 0 Å². The van der Waals surface area contributed by atoms with Crippen molar-refractivity contribution in [1.82, 2.24) is 10.2 Å². The van der Waals surface area contributed by atoms with Gasteiger partial charge in [-0.25, -0.2) is 0 Å². The number of rotatable bonds is 8. The third-order valence-corrected chi connectivity index (χ3v) is 3.13. The Labute approximate surface area is 125 Å². The molecular formula is C15H23N3O3. The second kappa shape index (κ2) is 9.10. The summed E-state index contributed by atoms with van der Waals surface area (Å²) in [7, 11) is 3.21. The SMILES string of the molecule is COC(CN)CC(=O)NCC(=O)N(C)Cc1ccccc1. The molecule has 1 aromatic rings. The van der Waals surface area contributed by atoms with Crippen molar-refractivity contribution in [2.75, 3.05) is 27.2 Å². The first kappa shape index (κ1) is 17.1. The summed E-state index contributed by atoms with van der Waals surface area (Å²) >= 11 is 0. The van der Waals surface area contributed by atoms with E-state index in [4.69, 9.17) is 10.5 Å². The van der Waals surface area contributed by atoms with E-state index in [-0.39, 0.29) is 37.4 Å². The fourth-order valence-electron chi connectivity index (χ4n) is 1.80. The Morgan fingerprint density at radius 1 is 1.33 bits per heavy atom. The minimum absolute atomic E-state index is 0.0246. The second-order valence-corrected chi connectivity index (χ2v) is 4.81. The molecule has 0 aliphatic heterocycles. The molecule has 1 rings (SSSR count). The number of amides is 2. The largest absolute Gasteiger partial charge is 0.380 e. The number of benzene rings is 1. The average molecular weight is 293 g/mol. The van der Waals surface area contributed by atoms with E-state index in [9.17, 15) is 9.59 Å². The number of nitrogens with one attached hydrogen (secondary N) is 1. The Morgan fingerprint density at radius 2 is 2.00 bits per heavy atom. The molecule has 0 fully saturated rings. The number of hydrogen-bond acceptors (Lipinski definition) is 4. The van der Waals surface area contributed by atoms with Gasteiger partial charge in [-0.05, 0) is 5.56 Å². The third-order valence-electron chi connectivity index (χ3n) is 3.13. The van der Waals surface area contributed by atoms with E-state index in [0.717, 1.165) is 5.56 Å². The molecule has 0 aliphatic rings. The number of hydrogen-bond donors (Lipinski definition) is 2. The Hall–Kier alpha value is -1.92. The lowest BCUT2D eigenvalue weighted by atomic mass is 10.2. The van der Waals surface area contributed by atoms with Crippen LogP contribution in [0, 0.1) is 0 Å².